The molecule has 0 aliphatic carbocycles. The number of aromatic nitrogens is 4. The van der Waals surface area contributed by atoms with Crippen LogP contribution < -0.4 is 5.56 Å². The van der Waals surface area contributed by atoms with Crippen LogP contribution in [-0.4, -0.2) is 43.8 Å². The molecule has 0 N–H and O–H groups in total. The molecule has 4 heterocycles. The zero-order valence-electron chi connectivity index (χ0n) is 17.8. The van der Waals surface area contributed by atoms with Crippen molar-refractivity contribution in [3.8, 4) is 0 Å². The van der Waals surface area contributed by atoms with Crippen LogP contribution in [0.4, 0.5) is 13.2 Å². The molecule has 1 atom stereocenters. The quantitative estimate of drug-likeness (QED) is 0.608. The summed E-state index contributed by atoms with van der Waals surface area (Å²) >= 11 is 0. The minimum atomic E-state index is -4.60. The largest absolute Gasteiger partial charge is 0.417 e. The van der Waals surface area contributed by atoms with Gasteiger partial charge in [-0.15, -0.1) is 0 Å². The molecule has 170 valence electrons. The molecule has 3 aromatic heterocycles. The standard InChI is InChI=1S/C21H22F3N5O3/c1-11(2)15-9-13(21(22,23)24)17-18(27-32-19(17)25-15)12-5-4-8-29(10-12)20(31)14-6-7-16(30)28(3)26-14/h6-7,9,11-12H,4-5,8,10H2,1-3H3/t12-/m0/s1. The Morgan fingerprint density at radius 2 is 2.03 bits per heavy atom. The van der Waals surface area contributed by atoms with Crippen LogP contribution in [0.25, 0.3) is 11.1 Å². The van der Waals surface area contributed by atoms with E-state index in [9.17, 15) is 22.8 Å². The summed E-state index contributed by atoms with van der Waals surface area (Å²) in [5.74, 6) is -1.06. The Balaban J connectivity index is 1.70. The van der Waals surface area contributed by atoms with Crippen LogP contribution in [0.15, 0.2) is 27.5 Å². The smallest absolute Gasteiger partial charge is 0.337 e. The minimum absolute atomic E-state index is 0.0944. The molecule has 32 heavy (non-hydrogen) atoms. The van der Waals surface area contributed by atoms with Crippen LogP contribution in [0, 0.1) is 0 Å². The fraction of sp³-hybridized carbons (Fsp3) is 0.476. The molecule has 3 aromatic rings. The van der Waals surface area contributed by atoms with Crippen molar-refractivity contribution in [3.05, 3.63) is 51.2 Å². The van der Waals surface area contributed by atoms with Crippen molar-refractivity contribution in [2.24, 2.45) is 7.05 Å². The van der Waals surface area contributed by atoms with E-state index in [-0.39, 0.29) is 46.2 Å². The van der Waals surface area contributed by atoms with E-state index in [2.05, 4.69) is 15.2 Å². The van der Waals surface area contributed by atoms with E-state index >= 15 is 0 Å². The van der Waals surface area contributed by atoms with Gasteiger partial charge in [-0.3, -0.25) is 9.59 Å². The van der Waals surface area contributed by atoms with Crippen LogP contribution in [0.3, 0.4) is 0 Å². The normalized spacial score (nSPS) is 17.3. The van der Waals surface area contributed by atoms with Crippen molar-refractivity contribution in [1.29, 1.82) is 0 Å². The number of alkyl halides is 3. The first-order valence-corrected chi connectivity index (χ1v) is 10.3. The summed E-state index contributed by atoms with van der Waals surface area (Å²) in [6, 6.07) is 3.65. The molecule has 1 amide bonds. The molecule has 4 rings (SSSR count). The van der Waals surface area contributed by atoms with Crippen LogP contribution in [0.1, 0.15) is 66.0 Å². The van der Waals surface area contributed by atoms with E-state index in [0.29, 0.717) is 19.4 Å². The number of carbonyl (C=O) groups is 1. The van der Waals surface area contributed by atoms with Gasteiger partial charge < -0.3 is 9.42 Å². The molecule has 8 nitrogen and oxygen atoms in total. The molecule has 1 saturated heterocycles. The summed E-state index contributed by atoms with van der Waals surface area (Å²) in [4.78, 5) is 30.2. The Bertz CT molecular complexity index is 1230. The highest BCUT2D eigenvalue weighted by Crippen LogP contribution is 2.40. The maximum atomic E-state index is 13.9. The molecule has 1 aliphatic heterocycles. The van der Waals surface area contributed by atoms with Gasteiger partial charge in [0.2, 0.25) is 0 Å². The van der Waals surface area contributed by atoms with Gasteiger partial charge in [0.05, 0.1) is 16.6 Å². The lowest BCUT2D eigenvalue weighted by Crippen LogP contribution is -2.40. The number of halogens is 3. The number of nitrogens with zero attached hydrogens (tertiary/aromatic N) is 5. The number of rotatable bonds is 3. The maximum absolute atomic E-state index is 13.9. The van der Waals surface area contributed by atoms with Crippen molar-refractivity contribution in [3.63, 3.8) is 0 Å². The van der Waals surface area contributed by atoms with Gasteiger partial charge in [0.1, 0.15) is 5.69 Å². The lowest BCUT2D eigenvalue weighted by Gasteiger charge is -2.31. The second kappa shape index (κ2) is 8.03. The second-order valence-corrected chi connectivity index (χ2v) is 8.27. The Labute approximate surface area is 181 Å². The van der Waals surface area contributed by atoms with Crippen LogP contribution in [0.2, 0.25) is 0 Å². The molecule has 0 radical (unpaired) electrons. The van der Waals surface area contributed by atoms with Gasteiger partial charge in [-0.25, -0.2) is 9.67 Å². The average Bonchev–Trinajstić information content (AvgIpc) is 3.18. The lowest BCUT2D eigenvalue weighted by molar-refractivity contribution is -0.136. The molecule has 11 heteroatoms. The van der Waals surface area contributed by atoms with Gasteiger partial charge >= 0.3 is 6.18 Å². The number of pyridine rings is 1. The third kappa shape index (κ3) is 3.98. The van der Waals surface area contributed by atoms with E-state index in [1.165, 1.54) is 24.1 Å². The molecular formula is C21H22F3N5O3. The Morgan fingerprint density at radius 1 is 1.28 bits per heavy atom. The lowest BCUT2D eigenvalue weighted by atomic mass is 9.91. The number of carbonyl (C=O) groups excluding carboxylic acids is 1. The van der Waals surface area contributed by atoms with Crippen LogP contribution in [-0.2, 0) is 13.2 Å². The first-order valence-electron chi connectivity index (χ1n) is 10.3. The zero-order chi connectivity index (χ0) is 23.2. The number of likely N-dealkylation sites (tertiary alicyclic amines) is 1. The van der Waals surface area contributed by atoms with Gasteiger partial charge in [0, 0.05) is 37.8 Å². The molecular weight excluding hydrogens is 427 g/mol. The number of hydrogen-bond acceptors (Lipinski definition) is 6. The highest BCUT2D eigenvalue weighted by molar-refractivity contribution is 5.92. The number of piperidine rings is 1. The van der Waals surface area contributed by atoms with Crippen LogP contribution in [0.5, 0.6) is 0 Å². The number of hydrogen-bond donors (Lipinski definition) is 0. The summed E-state index contributed by atoms with van der Waals surface area (Å²) in [6.45, 7) is 4.10. The van der Waals surface area contributed by atoms with E-state index in [1.54, 1.807) is 13.8 Å². The zero-order valence-corrected chi connectivity index (χ0v) is 17.8. The number of aryl methyl sites for hydroxylation is 1. The highest BCUT2D eigenvalue weighted by atomic mass is 19.4. The van der Waals surface area contributed by atoms with E-state index < -0.39 is 23.6 Å². The Kier molecular flexibility index (Phi) is 5.51. The van der Waals surface area contributed by atoms with E-state index in [0.717, 1.165) is 10.7 Å². The van der Waals surface area contributed by atoms with Crippen LogP contribution >= 0.6 is 0 Å². The Hall–Kier alpha value is -3.24. The van der Waals surface area contributed by atoms with Crippen molar-refractivity contribution in [1.82, 2.24) is 24.8 Å². The summed E-state index contributed by atoms with van der Waals surface area (Å²) in [6.07, 6.45) is -3.47. The van der Waals surface area contributed by atoms with Crippen molar-refractivity contribution in [2.75, 3.05) is 13.1 Å². The first kappa shape index (κ1) is 22.0. The molecule has 1 aliphatic rings. The average molecular weight is 449 g/mol. The molecule has 0 unspecified atom stereocenters. The third-order valence-corrected chi connectivity index (χ3v) is 5.66. The summed E-state index contributed by atoms with van der Waals surface area (Å²) in [7, 11) is 1.44. The first-order chi connectivity index (χ1) is 15.1. The number of fused-ring (bicyclic) bond motifs is 1. The summed E-state index contributed by atoms with van der Waals surface area (Å²) in [5, 5.41) is 7.78. The van der Waals surface area contributed by atoms with Crippen molar-refractivity contribution >= 4 is 17.0 Å². The summed E-state index contributed by atoms with van der Waals surface area (Å²) in [5.41, 5.74) is -0.806. The van der Waals surface area contributed by atoms with Crippen molar-refractivity contribution in [2.45, 2.75) is 44.7 Å². The monoisotopic (exact) mass is 449 g/mol. The SMILES string of the molecule is CC(C)c1cc(C(F)(F)F)c2c([C@H]3CCCN(C(=O)c4ccc(=O)n(C)n4)C3)noc2n1. The van der Waals surface area contributed by atoms with E-state index in [4.69, 9.17) is 4.52 Å². The number of amides is 1. The fourth-order valence-corrected chi connectivity index (χ4v) is 3.95. The molecule has 0 aromatic carbocycles. The Morgan fingerprint density at radius 3 is 2.69 bits per heavy atom. The van der Waals surface area contributed by atoms with Gasteiger partial charge in [0.15, 0.2) is 0 Å². The maximum Gasteiger partial charge on any atom is 0.417 e. The van der Waals surface area contributed by atoms with E-state index in [1.807, 2.05) is 0 Å². The predicted octanol–water partition coefficient (Wildman–Crippen LogP) is 3.48. The highest BCUT2D eigenvalue weighted by Gasteiger charge is 2.38. The summed E-state index contributed by atoms with van der Waals surface area (Å²) < 4.78 is 47.9. The fourth-order valence-electron chi connectivity index (χ4n) is 3.95. The van der Waals surface area contributed by atoms with Crippen molar-refractivity contribution < 1.29 is 22.5 Å². The van der Waals surface area contributed by atoms with Gasteiger partial charge in [-0.1, -0.05) is 19.0 Å². The molecule has 0 saturated carbocycles. The second-order valence-electron chi connectivity index (χ2n) is 8.27. The third-order valence-electron chi connectivity index (χ3n) is 5.66. The predicted molar refractivity (Wildman–Crippen MR) is 108 cm³/mol. The van der Waals surface area contributed by atoms with Gasteiger partial charge in [-0.2, -0.15) is 18.3 Å². The molecule has 0 bridgehead atoms. The minimum Gasteiger partial charge on any atom is -0.337 e. The van der Waals surface area contributed by atoms with Gasteiger partial charge in [0.25, 0.3) is 17.2 Å². The topological polar surface area (TPSA) is 94.1 Å². The molecule has 0 spiro atoms. The molecule has 1 fully saturated rings. The van der Waals surface area contributed by atoms with Gasteiger partial charge in [-0.05, 0) is 30.9 Å².